The Morgan fingerprint density at radius 1 is 1.26 bits per heavy atom. The lowest BCUT2D eigenvalue weighted by atomic mass is 10.2. The molecule has 4 atom stereocenters. The molecule has 0 bridgehead atoms. The summed E-state index contributed by atoms with van der Waals surface area (Å²) in [4.78, 5) is 48.8. The molecule has 0 spiro atoms. The normalized spacial score (nSPS) is 21.4. The third-order valence-electron chi connectivity index (χ3n) is 5.45. The highest BCUT2D eigenvalue weighted by Gasteiger charge is 2.43. The van der Waals surface area contributed by atoms with Gasteiger partial charge in [-0.2, -0.15) is 15.1 Å². The summed E-state index contributed by atoms with van der Waals surface area (Å²) in [6.45, 7) is 3.25. The minimum absolute atomic E-state index is 0.00768. The van der Waals surface area contributed by atoms with Crippen LogP contribution in [0.15, 0.2) is 30.5 Å². The van der Waals surface area contributed by atoms with Gasteiger partial charge in [0.05, 0.1) is 47.9 Å². The molecule has 0 aliphatic carbocycles. The van der Waals surface area contributed by atoms with Gasteiger partial charge in [0, 0.05) is 12.4 Å². The number of esters is 2. The molecule has 15 nitrogen and oxygen atoms in total. The van der Waals surface area contributed by atoms with E-state index in [1.807, 2.05) is 22.6 Å². The van der Waals surface area contributed by atoms with Crippen LogP contribution in [0.4, 0.5) is 5.82 Å². The van der Waals surface area contributed by atoms with Crippen LogP contribution in [0, 0.1) is 0 Å². The lowest BCUT2D eigenvalue weighted by Crippen LogP contribution is -2.27. The maximum Gasteiger partial charge on any atom is 0.342 e. The third-order valence-corrected chi connectivity index (χ3v) is 6.99. The number of carbonyl (C=O) groups excluding carboxylic acids is 3. The number of rotatable bonds is 10. The first kappa shape index (κ1) is 27.6. The lowest BCUT2D eigenvalue weighted by molar-refractivity contribution is -0.139. The van der Waals surface area contributed by atoms with E-state index in [2.05, 4.69) is 25.4 Å². The standard InChI is InChI=1S/C22H24IN7O8/c1-3-36-20(34)11-6-26-30(7-11)22-27-17(24-5-12(8-31)21(35)37-4-2)15-18(28-22)29(10-25-15)19-16(33)14(23)13(9-32)38-19/h5-8,10,13-14,16,19,32-33H,3-4,9H2,1-2H3,(H,24,27,28)/b12-5-/t13-,14-,16-,19-/m1/s1. The summed E-state index contributed by atoms with van der Waals surface area (Å²) < 4.78 is 18.0. The summed E-state index contributed by atoms with van der Waals surface area (Å²) in [7, 11) is 0. The first-order chi connectivity index (χ1) is 18.3. The molecule has 4 rings (SSSR count). The number of aliphatic hydroxyl groups excluding tert-OH is 2. The van der Waals surface area contributed by atoms with Gasteiger partial charge in [-0.1, -0.05) is 22.6 Å². The Bertz CT molecular complexity index is 1370. The van der Waals surface area contributed by atoms with Gasteiger partial charge in [0.15, 0.2) is 29.5 Å². The van der Waals surface area contributed by atoms with E-state index in [1.54, 1.807) is 13.8 Å². The Balaban J connectivity index is 1.81. The van der Waals surface area contributed by atoms with Gasteiger partial charge in [-0.15, -0.1) is 0 Å². The van der Waals surface area contributed by atoms with Gasteiger partial charge in [-0.3, -0.25) is 9.36 Å². The van der Waals surface area contributed by atoms with Crippen LogP contribution in [0.2, 0.25) is 0 Å². The second-order valence-corrected chi connectivity index (χ2v) is 9.29. The highest BCUT2D eigenvalue weighted by Crippen LogP contribution is 2.36. The van der Waals surface area contributed by atoms with Crippen LogP contribution in [0.5, 0.6) is 0 Å². The van der Waals surface area contributed by atoms with Crippen molar-refractivity contribution in [2.24, 2.45) is 0 Å². The maximum absolute atomic E-state index is 12.1. The Labute approximate surface area is 228 Å². The third kappa shape index (κ3) is 5.38. The van der Waals surface area contributed by atoms with Gasteiger partial charge in [0.25, 0.3) is 5.95 Å². The summed E-state index contributed by atoms with van der Waals surface area (Å²) in [5.74, 6) is -1.34. The van der Waals surface area contributed by atoms with Gasteiger partial charge < -0.3 is 29.7 Å². The van der Waals surface area contributed by atoms with Gasteiger partial charge >= 0.3 is 11.9 Å². The summed E-state index contributed by atoms with van der Waals surface area (Å²) in [6, 6.07) is 0. The van der Waals surface area contributed by atoms with Crippen molar-refractivity contribution in [2.45, 2.75) is 36.2 Å². The molecule has 0 aromatic carbocycles. The zero-order valence-corrected chi connectivity index (χ0v) is 22.4. The Kier molecular flexibility index (Phi) is 8.65. The van der Waals surface area contributed by atoms with Crippen molar-refractivity contribution in [1.82, 2.24) is 29.3 Å². The van der Waals surface area contributed by atoms with Crippen LogP contribution < -0.4 is 5.32 Å². The molecule has 1 aliphatic heterocycles. The first-order valence-corrected chi connectivity index (χ1v) is 12.7. The molecule has 1 fully saturated rings. The van der Waals surface area contributed by atoms with Crippen molar-refractivity contribution in [3.05, 3.63) is 36.1 Å². The molecule has 0 radical (unpaired) electrons. The van der Waals surface area contributed by atoms with Crippen LogP contribution in [0.3, 0.4) is 0 Å². The van der Waals surface area contributed by atoms with Crippen LogP contribution >= 0.6 is 22.6 Å². The highest BCUT2D eigenvalue weighted by molar-refractivity contribution is 14.1. The summed E-state index contributed by atoms with van der Waals surface area (Å²) in [6.07, 6.45) is 2.96. The topological polar surface area (TPSA) is 193 Å². The molecule has 0 amide bonds. The summed E-state index contributed by atoms with van der Waals surface area (Å²) in [5, 5.41) is 27.3. The molecular formula is C22H24IN7O8. The molecule has 0 unspecified atom stereocenters. The summed E-state index contributed by atoms with van der Waals surface area (Å²) in [5.41, 5.74) is 0.285. The number of aldehydes is 1. The number of aromatic nitrogens is 6. The van der Waals surface area contributed by atoms with E-state index in [0.29, 0.717) is 6.29 Å². The van der Waals surface area contributed by atoms with Crippen molar-refractivity contribution in [2.75, 3.05) is 25.1 Å². The van der Waals surface area contributed by atoms with Crippen molar-refractivity contribution in [3.8, 4) is 5.95 Å². The van der Waals surface area contributed by atoms with Crippen LogP contribution in [-0.2, 0) is 23.8 Å². The van der Waals surface area contributed by atoms with E-state index < -0.39 is 34.3 Å². The number of imidazole rings is 1. The number of nitrogens with one attached hydrogen (secondary N) is 1. The zero-order valence-electron chi connectivity index (χ0n) is 20.2. The molecule has 3 aromatic rings. The largest absolute Gasteiger partial charge is 0.462 e. The quantitative estimate of drug-likeness (QED) is 0.0521. The van der Waals surface area contributed by atoms with Gasteiger partial charge in [-0.25, -0.2) is 19.3 Å². The van der Waals surface area contributed by atoms with E-state index in [1.165, 1.54) is 28.0 Å². The minimum Gasteiger partial charge on any atom is -0.462 e. The summed E-state index contributed by atoms with van der Waals surface area (Å²) >= 11 is 2.00. The minimum atomic E-state index is -0.995. The SMILES string of the molecule is CCOC(=O)/C(C=O)=C\Nc1nc(-n2cc(C(=O)OCC)cn2)nc2c1ncn2[C@@H]1O[C@H](CO)[C@@H](I)[C@H]1O. The number of hydrogen-bond donors (Lipinski definition) is 3. The maximum atomic E-state index is 12.1. The van der Waals surface area contributed by atoms with E-state index >= 15 is 0 Å². The molecule has 202 valence electrons. The fourth-order valence-electron chi connectivity index (χ4n) is 3.63. The monoisotopic (exact) mass is 641 g/mol. The Hall–Kier alpha value is -3.48. The molecule has 1 saturated heterocycles. The zero-order chi connectivity index (χ0) is 27.4. The average Bonchev–Trinajstić information content (AvgIpc) is 3.63. The predicted molar refractivity (Wildman–Crippen MR) is 138 cm³/mol. The van der Waals surface area contributed by atoms with Crippen molar-refractivity contribution in [3.63, 3.8) is 0 Å². The highest BCUT2D eigenvalue weighted by atomic mass is 127. The lowest BCUT2D eigenvalue weighted by Gasteiger charge is -2.17. The first-order valence-electron chi connectivity index (χ1n) is 11.5. The number of carbonyl (C=O) groups is 3. The molecule has 3 N–H and O–H groups in total. The molecule has 0 saturated carbocycles. The van der Waals surface area contributed by atoms with E-state index in [9.17, 15) is 24.6 Å². The van der Waals surface area contributed by atoms with Gasteiger partial charge in [0.1, 0.15) is 11.7 Å². The molecule has 38 heavy (non-hydrogen) atoms. The molecule has 4 heterocycles. The number of anilines is 1. The number of aliphatic hydroxyl groups is 2. The van der Waals surface area contributed by atoms with Gasteiger partial charge in [-0.05, 0) is 13.8 Å². The predicted octanol–water partition coefficient (Wildman–Crippen LogP) is 0.301. The van der Waals surface area contributed by atoms with E-state index in [0.717, 1.165) is 6.20 Å². The fourth-order valence-corrected chi connectivity index (χ4v) is 4.39. The molecule has 16 heteroatoms. The van der Waals surface area contributed by atoms with Crippen molar-refractivity contribution in [1.29, 1.82) is 0 Å². The molecular weight excluding hydrogens is 617 g/mol. The number of fused-ring (bicyclic) bond motifs is 1. The Morgan fingerprint density at radius 3 is 2.68 bits per heavy atom. The second-order valence-electron chi connectivity index (χ2n) is 7.86. The van der Waals surface area contributed by atoms with Crippen LogP contribution in [-0.4, -0.2) is 93.7 Å². The number of halogens is 1. The molecule has 3 aromatic heterocycles. The average molecular weight is 641 g/mol. The van der Waals surface area contributed by atoms with Gasteiger partial charge in [0.2, 0.25) is 0 Å². The van der Waals surface area contributed by atoms with Crippen molar-refractivity contribution >= 4 is 57.8 Å². The van der Waals surface area contributed by atoms with E-state index in [4.69, 9.17) is 14.2 Å². The van der Waals surface area contributed by atoms with Crippen molar-refractivity contribution < 1.29 is 38.8 Å². The fraction of sp³-hybridized carbons (Fsp3) is 0.409. The molecule has 1 aliphatic rings. The van der Waals surface area contributed by atoms with E-state index in [-0.39, 0.29) is 53.9 Å². The number of hydrogen-bond acceptors (Lipinski definition) is 13. The van der Waals surface area contributed by atoms with Crippen LogP contribution in [0.25, 0.3) is 17.1 Å². The Morgan fingerprint density at radius 2 is 2.03 bits per heavy atom. The number of nitrogens with zero attached hydrogens (tertiary/aromatic N) is 6. The second kappa shape index (κ2) is 11.9. The number of alkyl halides is 1. The van der Waals surface area contributed by atoms with Crippen LogP contribution in [0.1, 0.15) is 30.4 Å². The smallest absolute Gasteiger partial charge is 0.342 e. The number of ether oxygens (including phenoxy) is 3.